The molecular formula is C23H25IN4O3. The molecule has 3 aromatic rings. The quantitative estimate of drug-likeness (QED) is 0.230. The maximum atomic E-state index is 12.0. The molecule has 0 aliphatic carbocycles. The molecule has 3 aromatic carbocycles. The maximum Gasteiger partial charge on any atom is 0.242 e. The van der Waals surface area contributed by atoms with E-state index in [0.717, 1.165) is 17.1 Å². The molecule has 0 unspecified atom stereocenters. The molecule has 0 spiro atoms. The number of nitrogens with one attached hydrogen (secondary N) is 2. The summed E-state index contributed by atoms with van der Waals surface area (Å²) >= 11 is 0. The molecule has 0 saturated carbocycles. The predicted molar refractivity (Wildman–Crippen MR) is 133 cm³/mol. The van der Waals surface area contributed by atoms with Crippen molar-refractivity contribution in [3.8, 4) is 17.2 Å². The van der Waals surface area contributed by atoms with E-state index < -0.39 is 0 Å². The highest BCUT2D eigenvalue weighted by atomic mass is 127. The molecule has 0 radical (unpaired) electrons. The highest BCUT2D eigenvalue weighted by molar-refractivity contribution is 14.0. The van der Waals surface area contributed by atoms with Crippen molar-refractivity contribution in [2.24, 2.45) is 10.7 Å². The van der Waals surface area contributed by atoms with Crippen molar-refractivity contribution in [2.75, 3.05) is 19.0 Å². The van der Waals surface area contributed by atoms with Gasteiger partial charge in [-0.25, -0.2) is 4.99 Å². The smallest absolute Gasteiger partial charge is 0.242 e. The van der Waals surface area contributed by atoms with Gasteiger partial charge in [0.05, 0.1) is 7.11 Å². The van der Waals surface area contributed by atoms with Gasteiger partial charge in [-0.15, -0.1) is 24.0 Å². The van der Waals surface area contributed by atoms with E-state index in [-0.39, 0.29) is 42.4 Å². The van der Waals surface area contributed by atoms with Crippen LogP contribution in [0.4, 0.5) is 5.69 Å². The van der Waals surface area contributed by atoms with Crippen molar-refractivity contribution in [2.45, 2.75) is 6.54 Å². The zero-order chi connectivity index (χ0) is 21.2. The van der Waals surface area contributed by atoms with Crippen LogP contribution in [0.2, 0.25) is 0 Å². The van der Waals surface area contributed by atoms with Gasteiger partial charge in [-0.2, -0.15) is 0 Å². The second-order valence-electron chi connectivity index (χ2n) is 6.39. The maximum absolute atomic E-state index is 12.0. The van der Waals surface area contributed by atoms with Crippen LogP contribution in [-0.4, -0.2) is 25.5 Å². The Kier molecular flexibility index (Phi) is 9.63. The number of carbonyl (C=O) groups is 1. The summed E-state index contributed by atoms with van der Waals surface area (Å²) in [6.45, 7) is 0.333. The molecule has 3 rings (SSSR count). The lowest BCUT2D eigenvalue weighted by atomic mass is 10.2. The van der Waals surface area contributed by atoms with Crippen molar-refractivity contribution in [3.05, 3.63) is 84.4 Å². The molecule has 0 aliphatic heterocycles. The Morgan fingerprint density at radius 1 is 0.935 bits per heavy atom. The van der Waals surface area contributed by atoms with Gasteiger partial charge in [0.2, 0.25) is 5.91 Å². The lowest BCUT2D eigenvalue weighted by Crippen LogP contribution is -2.28. The number of ether oxygens (including phenoxy) is 2. The Labute approximate surface area is 198 Å². The van der Waals surface area contributed by atoms with Gasteiger partial charge in [0.15, 0.2) is 5.96 Å². The second-order valence-corrected chi connectivity index (χ2v) is 6.39. The number of hydrogen-bond acceptors (Lipinski definition) is 4. The summed E-state index contributed by atoms with van der Waals surface area (Å²) in [5, 5.41) is 5.77. The number of benzene rings is 3. The molecule has 7 nitrogen and oxygen atoms in total. The third-order valence-electron chi connectivity index (χ3n) is 4.13. The standard InChI is InChI=1S/C23H24N4O3.HI/c1-29-19-12-10-17(11-13-19)15-25-22(28)16-26-23(24)27-18-6-5-9-21(14-18)30-20-7-3-2-4-8-20;/h2-14H,15-16H2,1H3,(H,25,28)(H3,24,26,27);1H. The Morgan fingerprint density at radius 2 is 1.65 bits per heavy atom. The molecule has 4 N–H and O–H groups in total. The number of para-hydroxylation sites is 1. The topological polar surface area (TPSA) is 98.0 Å². The number of halogens is 1. The predicted octanol–water partition coefficient (Wildman–Crippen LogP) is 4.15. The number of anilines is 1. The molecule has 31 heavy (non-hydrogen) atoms. The van der Waals surface area contributed by atoms with E-state index in [1.165, 1.54) is 0 Å². The van der Waals surface area contributed by atoms with Gasteiger partial charge in [-0.1, -0.05) is 36.4 Å². The fourth-order valence-corrected chi connectivity index (χ4v) is 2.61. The fourth-order valence-electron chi connectivity index (χ4n) is 2.61. The Morgan fingerprint density at radius 3 is 2.35 bits per heavy atom. The number of nitrogens with two attached hydrogens (primary N) is 1. The van der Waals surface area contributed by atoms with Crippen LogP contribution >= 0.6 is 24.0 Å². The minimum absolute atomic E-state index is 0. The first-order valence-electron chi connectivity index (χ1n) is 9.42. The lowest BCUT2D eigenvalue weighted by molar-refractivity contribution is -0.119. The molecule has 0 atom stereocenters. The minimum Gasteiger partial charge on any atom is -0.497 e. The monoisotopic (exact) mass is 532 g/mol. The highest BCUT2D eigenvalue weighted by Crippen LogP contribution is 2.23. The average molecular weight is 532 g/mol. The van der Waals surface area contributed by atoms with E-state index in [1.807, 2.05) is 72.8 Å². The summed E-state index contributed by atoms with van der Waals surface area (Å²) in [5.41, 5.74) is 7.58. The summed E-state index contributed by atoms with van der Waals surface area (Å²) in [6.07, 6.45) is 0. The summed E-state index contributed by atoms with van der Waals surface area (Å²) < 4.78 is 10.9. The number of hydrogen-bond donors (Lipinski definition) is 3. The average Bonchev–Trinajstić information content (AvgIpc) is 2.77. The van der Waals surface area contributed by atoms with Crippen LogP contribution in [0.5, 0.6) is 17.2 Å². The molecule has 0 fully saturated rings. The highest BCUT2D eigenvalue weighted by Gasteiger charge is 2.03. The SMILES string of the molecule is COc1ccc(CNC(=O)CN=C(N)Nc2cccc(Oc3ccccc3)c2)cc1.I. The fraction of sp³-hybridized carbons (Fsp3) is 0.130. The number of methoxy groups -OCH3 is 1. The Balaban J connectivity index is 0.00000341. The third-order valence-corrected chi connectivity index (χ3v) is 4.13. The van der Waals surface area contributed by atoms with Gasteiger partial charge < -0.3 is 25.8 Å². The van der Waals surface area contributed by atoms with E-state index >= 15 is 0 Å². The Bertz CT molecular complexity index is 995. The van der Waals surface area contributed by atoms with Crippen LogP contribution in [0.15, 0.2) is 83.9 Å². The molecular weight excluding hydrogens is 507 g/mol. The van der Waals surface area contributed by atoms with Crippen LogP contribution in [0.3, 0.4) is 0 Å². The van der Waals surface area contributed by atoms with Gasteiger partial charge >= 0.3 is 0 Å². The van der Waals surface area contributed by atoms with Crippen molar-refractivity contribution >= 4 is 41.5 Å². The molecule has 0 aromatic heterocycles. The molecule has 8 heteroatoms. The molecule has 0 saturated heterocycles. The number of nitrogens with zero attached hydrogens (tertiary/aromatic N) is 1. The van der Waals surface area contributed by atoms with E-state index in [1.54, 1.807) is 13.2 Å². The van der Waals surface area contributed by atoms with Gasteiger partial charge in [0, 0.05) is 18.3 Å². The minimum atomic E-state index is -0.225. The van der Waals surface area contributed by atoms with Crippen LogP contribution in [-0.2, 0) is 11.3 Å². The first-order valence-corrected chi connectivity index (χ1v) is 9.42. The Hall–Kier alpha value is -3.27. The number of carbonyl (C=O) groups excluding carboxylic acids is 1. The van der Waals surface area contributed by atoms with Crippen molar-refractivity contribution in [3.63, 3.8) is 0 Å². The largest absolute Gasteiger partial charge is 0.497 e. The molecule has 162 valence electrons. The van der Waals surface area contributed by atoms with Crippen molar-refractivity contribution in [1.82, 2.24) is 5.32 Å². The van der Waals surface area contributed by atoms with Crippen molar-refractivity contribution in [1.29, 1.82) is 0 Å². The zero-order valence-corrected chi connectivity index (χ0v) is 19.4. The van der Waals surface area contributed by atoms with E-state index in [9.17, 15) is 4.79 Å². The summed E-state index contributed by atoms with van der Waals surface area (Å²) in [5.74, 6) is 2.09. The van der Waals surface area contributed by atoms with Crippen LogP contribution < -0.4 is 25.8 Å². The summed E-state index contributed by atoms with van der Waals surface area (Å²) in [6, 6.07) is 24.3. The number of aliphatic imine (C=N–C) groups is 1. The summed E-state index contributed by atoms with van der Waals surface area (Å²) in [7, 11) is 1.61. The number of rotatable bonds is 8. The van der Waals surface area contributed by atoms with Crippen LogP contribution in [0.1, 0.15) is 5.56 Å². The number of amides is 1. The van der Waals surface area contributed by atoms with E-state index in [4.69, 9.17) is 15.2 Å². The molecule has 0 aliphatic rings. The molecule has 0 heterocycles. The first-order chi connectivity index (χ1) is 14.6. The van der Waals surface area contributed by atoms with Gasteiger partial charge in [-0.3, -0.25) is 4.79 Å². The van der Waals surface area contributed by atoms with Crippen molar-refractivity contribution < 1.29 is 14.3 Å². The van der Waals surface area contributed by atoms with Gasteiger partial charge in [0.25, 0.3) is 0 Å². The van der Waals surface area contributed by atoms with Gasteiger partial charge in [0.1, 0.15) is 23.8 Å². The molecule has 1 amide bonds. The first kappa shape index (κ1) is 24.0. The second kappa shape index (κ2) is 12.4. The molecule has 0 bridgehead atoms. The zero-order valence-electron chi connectivity index (χ0n) is 17.1. The third kappa shape index (κ3) is 8.17. The van der Waals surface area contributed by atoms with Crippen LogP contribution in [0, 0.1) is 0 Å². The normalized spacial score (nSPS) is 10.5. The van der Waals surface area contributed by atoms with E-state index in [2.05, 4.69) is 15.6 Å². The van der Waals surface area contributed by atoms with E-state index in [0.29, 0.717) is 18.0 Å². The van der Waals surface area contributed by atoms with Crippen LogP contribution in [0.25, 0.3) is 0 Å². The number of guanidine groups is 1. The lowest BCUT2D eigenvalue weighted by Gasteiger charge is -2.09. The summed E-state index contributed by atoms with van der Waals surface area (Å²) in [4.78, 5) is 16.1. The van der Waals surface area contributed by atoms with Gasteiger partial charge in [-0.05, 0) is 42.0 Å².